The SMILES string of the molecule is CCCCNS(=O)(=O)c1ccc2nc(-c3cccnc3)cc(C(=O)NCCCN3C[C@H](C)C[C@@H](C)C3)c2c1. The van der Waals surface area contributed by atoms with Gasteiger partial charge >= 0.3 is 0 Å². The molecular formula is C29H39N5O3S. The third-order valence-corrected chi connectivity index (χ3v) is 8.45. The second-order valence-corrected chi connectivity index (χ2v) is 12.3. The maximum Gasteiger partial charge on any atom is 0.252 e. The van der Waals surface area contributed by atoms with Gasteiger partial charge in [0.2, 0.25) is 10.0 Å². The van der Waals surface area contributed by atoms with Gasteiger partial charge in [-0.25, -0.2) is 18.1 Å². The van der Waals surface area contributed by atoms with Crippen LogP contribution >= 0.6 is 0 Å². The molecule has 1 amide bonds. The smallest absolute Gasteiger partial charge is 0.252 e. The van der Waals surface area contributed by atoms with Crippen molar-refractivity contribution in [3.63, 3.8) is 0 Å². The van der Waals surface area contributed by atoms with Crippen molar-refractivity contribution in [3.8, 4) is 11.3 Å². The van der Waals surface area contributed by atoms with Crippen LogP contribution in [0.25, 0.3) is 22.2 Å². The number of carbonyl (C=O) groups excluding carboxylic acids is 1. The minimum absolute atomic E-state index is 0.124. The van der Waals surface area contributed by atoms with E-state index in [1.165, 1.54) is 6.42 Å². The van der Waals surface area contributed by atoms with Crippen molar-refractivity contribution in [1.29, 1.82) is 0 Å². The summed E-state index contributed by atoms with van der Waals surface area (Å²) in [4.78, 5) is 24.9. The van der Waals surface area contributed by atoms with Gasteiger partial charge in [-0.05, 0) is 74.0 Å². The van der Waals surface area contributed by atoms with E-state index < -0.39 is 10.0 Å². The van der Waals surface area contributed by atoms with E-state index in [1.807, 2.05) is 19.1 Å². The lowest BCUT2D eigenvalue weighted by atomic mass is 9.92. The van der Waals surface area contributed by atoms with E-state index in [9.17, 15) is 13.2 Å². The van der Waals surface area contributed by atoms with Crippen LogP contribution in [0.15, 0.2) is 53.7 Å². The highest BCUT2D eigenvalue weighted by Gasteiger charge is 2.22. The fourth-order valence-electron chi connectivity index (χ4n) is 5.26. The molecule has 9 heteroatoms. The summed E-state index contributed by atoms with van der Waals surface area (Å²) < 4.78 is 28.4. The molecule has 1 aliphatic rings. The standard InChI is InChI=1S/C29H39N5O3S/c1-4-5-13-32-38(36,37)24-9-10-27-25(16-24)26(17-28(33-27)23-8-6-11-30-18-23)29(35)31-12-7-14-34-19-21(2)15-22(3)20-34/h6,8-11,16-18,21-22,32H,4-5,7,12-15,19-20H2,1-3H3,(H,31,35)/t21-,22-/m1/s1. The number of hydrogen-bond acceptors (Lipinski definition) is 6. The maximum absolute atomic E-state index is 13.4. The third-order valence-electron chi connectivity index (χ3n) is 7.00. The highest BCUT2D eigenvalue weighted by Crippen LogP contribution is 2.27. The number of piperidine rings is 1. The minimum Gasteiger partial charge on any atom is -0.352 e. The summed E-state index contributed by atoms with van der Waals surface area (Å²) in [7, 11) is -3.70. The minimum atomic E-state index is -3.70. The number of likely N-dealkylation sites (tertiary alicyclic amines) is 1. The number of pyridine rings is 2. The van der Waals surface area contributed by atoms with Crippen molar-refractivity contribution >= 4 is 26.8 Å². The normalized spacial score (nSPS) is 18.5. The number of hydrogen-bond donors (Lipinski definition) is 2. The van der Waals surface area contributed by atoms with E-state index in [-0.39, 0.29) is 10.8 Å². The lowest BCUT2D eigenvalue weighted by molar-refractivity contribution is 0.0949. The average Bonchev–Trinajstić information content (AvgIpc) is 2.90. The van der Waals surface area contributed by atoms with Gasteiger partial charge in [0.1, 0.15) is 0 Å². The average molecular weight is 538 g/mol. The van der Waals surface area contributed by atoms with Crippen molar-refractivity contribution < 1.29 is 13.2 Å². The molecule has 1 aliphatic heterocycles. The molecule has 3 aromatic rings. The Morgan fingerprint density at radius 2 is 1.87 bits per heavy atom. The van der Waals surface area contributed by atoms with Crippen LogP contribution in [0.5, 0.6) is 0 Å². The quantitative estimate of drug-likeness (QED) is 0.350. The van der Waals surface area contributed by atoms with Crippen molar-refractivity contribution in [1.82, 2.24) is 24.9 Å². The number of rotatable bonds is 11. The maximum atomic E-state index is 13.4. The van der Waals surface area contributed by atoms with Crippen LogP contribution in [-0.4, -0.2) is 61.9 Å². The van der Waals surface area contributed by atoms with E-state index in [1.54, 1.807) is 36.7 Å². The molecule has 0 bridgehead atoms. The molecule has 1 fully saturated rings. The summed E-state index contributed by atoms with van der Waals surface area (Å²) >= 11 is 0. The molecule has 3 heterocycles. The van der Waals surface area contributed by atoms with E-state index in [2.05, 4.69) is 33.8 Å². The molecule has 0 aliphatic carbocycles. The fourth-order valence-corrected chi connectivity index (χ4v) is 6.36. The number of nitrogens with zero attached hydrogens (tertiary/aromatic N) is 3. The number of fused-ring (bicyclic) bond motifs is 1. The molecule has 2 N–H and O–H groups in total. The molecule has 38 heavy (non-hydrogen) atoms. The Kier molecular flexibility index (Phi) is 9.46. The summed E-state index contributed by atoms with van der Waals surface area (Å²) in [5, 5.41) is 3.56. The Morgan fingerprint density at radius 1 is 1.08 bits per heavy atom. The molecule has 0 unspecified atom stereocenters. The summed E-state index contributed by atoms with van der Waals surface area (Å²) in [5.74, 6) is 1.16. The second kappa shape index (κ2) is 12.8. The van der Waals surface area contributed by atoms with E-state index in [4.69, 9.17) is 4.98 Å². The lowest BCUT2D eigenvalue weighted by Crippen LogP contribution is -2.40. The Hall–Kier alpha value is -2.88. The monoisotopic (exact) mass is 537 g/mol. The number of nitrogens with one attached hydrogen (secondary N) is 2. The van der Waals surface area contributed by atoms with Gasteiger partial charge in [-0.2, -0.15) is 0 Å². The lowest BCUT2D eigenvalue weighted by Gasteiger charge is -2.34. The fraction of sp³-hybridized carbons (Fsp3) is 0.483. The summed E-state index contributed by atoms with van der Waals surface area (Å²) in [6.07, 6.45) is 7.16. The Morgan fingerprint density at radius 3 is 2.58 bits per heavy atom. The Bertz CT molecular complexity index is 1340. The molecule has 2 aromatic heterocycles. The van der Waals surface area contributed by atoms with Gasteiger partial charge in [0.15, 0.2) is 0 Å². The molecule has 1 aromatic carbocycles. The molecule has 204 valence electrons. The first-order valence-corrected chi connectivity index (χ1v) is 15.1. The summed E-state index contributed by atoms with van der Waals surface area (Å²) in [6.45, 7) is 10.7. The van der Waals surface area contributed by atoms with Gasteiger partial charge in [0, 0.05) is 49.5 Å². The predicted molar refractivity (Wildman–Crippen MR) is 151 cm³/mol. The van der Waals surface area contributed by atoms with Crippen molar-refractivity contribution in [2.24, 2.45) is 11.8 Å². The van der Waals surface area contributed by atoms with Crippen LogP contribution < -0.4 is 10.0 Å². The first kappa shape index (κ1) is 28.1. The van der Waals surface area contributed by atoms with Gasteiger partial charge in [-0.15, -0.1) is 0 Å². The topological polar surface area (TPSA) is 104 Å². The number of benzene rings is 1. The van der Waals surface area contributed by atoms with E-state index in [0.717, 1.165) is 44.5 Å². The van der Waals surface area contributed by atoms with Gasteiger partial charge in [-0.3, -0.25) is 9.78 Å². The van der Waals surface area contributed by atoms with Crippen LogP contribution in [0, 0.1) is 11.8 Å². The van der Waals surface area contributed by atoms with Crippen molar-refractivity contribution in [2.45, 2.75) is 51.3 Å². The van der Waals surface area contributed by atoms with Crippen LogP contribution in [0.3, 0.4) is 0 Å². The molecule has 4 rings (SSSR count). The zero-order valence-electron chi connectivity index (χ0n) is 22.6. The zero-order chi connectivity index (χ0) is 27.1. The number of unbranched alkanes of at least 4 members (excludes halogenated alkanes) is 1. The van der Waals surface area contributed by atoms with Gasteiger partial charge < -0.3 is 10.2 Å². The number of amides is 1. The Labute approximate surface area is 226 Å². The number of carbonyl (C=O) groups is 1. The summed E-state index contributed by atoms with van der Waals surface area (Å²) in [6, 6.07) is 10.2. The van der Waals surface area contributed by atoms with E-state index in [0.29, 0.717) is 47.1 Å². The molecule has 0 spiro atoms. The van der Waals surface area contributed by atoms with Crippen molar-refractivity contribution in [3.05, 3.63) is 54.4 Å². The first-order valence-electron chi connectivity index (χ1n) is 13.6. The van der Waals surface area contributed by atoms with Crippen LogP contribution in [0.4, 0.5) is 0 Å². The molecule has 1 saturated heterocycles. The van der Waals surface area contributed by atoms with Crippen molar-refractivity contribution in [2.75, 3.05) is 32.7 Å². The molecule has 8 nitrogen and oxygen atoms in total. The van der Waals surface area contributed by atoms with Crippen LogP contribution in [0.2, 0.25) is 0 Å². The van der Waals surface area contributed by atoms with Gasteiger partial charge in [-0.1, -0.05) is 27.2 Å². The van der Waals surface area contributed by atoms with Gasteiger partial charge in [0.05, 0.1) is 21.7 Å². The second-order valence-electron chi connectivity index (χ2n) is 10.5. The molecule has 0 saturated carbocycles. The van der Waals surface area contributed by atoms with E-state index >= 15 is 0 Å². The first-order chi connectivity index (χ1) is 18.3. The largest absolute Gasteiger partial charge is 0.352 e. The van der Waals surface area contributed by atoms with Crippen LogP contribution in [-0.2, 0) is 10.0 Å². The zero-order valence-corrected chi connectivity index (χ0v) is 23.4. The van der Waals surface area contributed by atoms with Gasteiger partial charge in [0.25, 0.3) is 5.91 Å². The highest BCUT2D eigenvalue weighted by atomic mass is 32.2. The molecule has 0 radical (unpaired) electrons. The third kappa shape index (κ3) is 7.15. The van der Waals surface area contributed by atoms with Crippen LogP contribution in [0.1, 0.15) is 56.8 Å². The Balaban J connectivity index is 1.57. The summed E-state index contributed by atoms with van der Waals surface area (Å²) in [5.41, 5.74) is 2.36. The molecule has 2 atom stereocenters. The highest BCUT2D eigenvalue weighted by molar-refractivity contribution is 7.89. The number of aromatic nitrogens is 2. The number of sulfonamides is 1. The molecular weight excluding hydrogens is 498 g/mol. The predicted octanol–water partition coefficient (Wildman–Crippen LogP) is 4.47.